The van der Waals surface area contributed by atoms with Gasteiger partial charge in [-0.15, -0.1) is 10.2 Å². The van der Waals surface area contributed by atoms with E-state index in [-0.39, 0.29) is 5.92 Å². The Bertz CT molecular complexity index is 377. The number of likely N-dealkylation sites (tertiary alicyclic amines) is 1. The third kappa shape index (κ3) is 2.21. The summed E-state index contributed by atoms with van der Waals surface area (Å²) in [6, 6.07) is 0. The topological polar surface area (TPSA) is 71.2 Å². The molecule has 0 aromatic carbocycles. The van der Waals surface area contributed by atoms with Gasteiger partial charge in [0, 0.05) is 13.1 Å². The van der Waals surface area contributed by atoms with Crippen molar-refractivity contribution in [2.24, 2.45) is 5.92 Å². The molecule has 1 aromatic rings. The van der Waals surface area contributed by atoms with Crippen molar-refractivity contribution in [1.82, 2.24) is 19.7 Å². The van der Waals surface area contributed by atoms with Crippen LogP contribution in [-0.2, 0) is 17.9 Å². The summed E-state index contributed by atoms with van der Waals surface area (Å²) >= 11 is 0. The zero-order valence-electron chi connectivity index (χ0n) is 9.33. The molecule has 16 heavy (non-hydrogen) atoms. The fourth-order valence-electron chi connectivity index (χ4n) is 2.04. The van der Waals surface area contributed by atoms with E-state index in [1.165, 1.54) is 0 Å². The maximum absolute atomic E-state index is 10.8. The number of aryl methyl sites for hydroxylation is 1. The molecule has 1 aliphatic heterocycles. The lowest BCUT2D eigenvalue weighted by Crippen LogP contribution is -2.24. The van der Waals surface area contributed by atoms with Crippen molar-refractivity contribution in [2.45, 2.75) is 26.4 Å². The maximum atomic E-state index is 10.8. The van der Waals surface area contributed by atoms with Crippen LogP contribution < -0.4 is 0 Å². The van der Waals surface area contributed by atoms with Crippen LogP contribution in [0.15, 0.2) is 6.33 Å². The molecule has 0 bridgehead atoms. The van der Waals surface area contributed by atoms with E-state index in [0.29, 0.717) is 13.1 Å². The zero-order valence-corrected chi connectivity index (χ0v) is 9.33. The van der Waals surface area contributed by atoms with Crippen molar-refractivity contribution in [3.8, 4) is 0 Å². The number of hydrogen-bond acceptors (Lipinski definition) is 4. The van der Waals surface area contributed by atoms with E-state index >= 15 is 0 Å². The van der Waals surface area contributed by atoms with Crippen LogP contribution >= 0.6 is 0 Å². The highest BCUT2D eigenvalue weighted by Crippen LogP contribution is 2.17. The first kappa shape index (κ1) is 11.1. The molecule has 6 heteroatoms. The quantitative estimate of drug-likeness (QED) is 0.791. The molecule has 2 heterocycles. The lowest BCUT2D eigenvalue weighted by molar-refractivity contribution is -0.141. The van der Waals surface area contributed by atoms with Crippen LogP contribution in [0.5, 0.6) is 0 Å². The molecule has 1 N–H and O–H groups in total. The van der Waals surface area contributed by atoms with Gasteiger partial charge in [0.05, 0.1) is 12.5 Å². The molecule has 0 unspecified atom stereocenters. The van der Waals surface area contributed by atoms with Crippen LogP contribution in [0.4, 0.5) is 0 Å². The van der Waals surface area contributed by atoms with Gasteiger partial charge in [-0.05, 0) is 19.9 Å². The van der Waals surface area contributed by atoms with Crippen molar-refractivity contribution in [1.29, 1.82) is 0 Å². The fourth-order valence-corrected chi connectivity index (χ4v) is 2.04. The summed E-state index contributed by atoms with van der Waals surface area (Å²) < 4.78 is 1.98. The molecule has 0 saturated carbocycles. The molecule has 1 aliphatic rings. The number of aliphatic carboxylic acids is 1. The van der Waals surface area contributed by atoms with Crippen LogP contribution in [0.3, 0.4) is 0 Å². The number of carboxylic acid groups (broad SMARTS) is 1. The van der Waals surface area contributed by atoms with E-state index in [1.807, 2.05) is 11.5 Å². The molecular formula is C10H16N4O2. The number of rotatable bonds is 4. The van der Waals surface area contributed by atoms with Crippen LogP contribution in [-0.4, -0.2) is 43.8 Å². The molecule has 0 aliphatic carbocycles. The molecule has 0 spiro atoms. The smallest absolute Gasteiger partial charge is 0.307 e. The third-order valence-electron chi connectivity index (χ3n) is 3.02. The lowest BCUT2D eigenvalue weighted by Gasteiger charge is -2.14. The van der Waals surface area contributed by atoms with E-state index < -0.39 is 5.97 Å². The predicted molar refractivity (Wildman–Crippen MR) is 56.7 cm³/mol. The minimum absolute atomic E-state index is 0.224. The molecule has 1 atom stereocenters. The fraction of sp³-hybridized carbons (Fsp3) is 0.700. The number of hydrogen-bond donors (Lipinski definition) is 1. The Kier molecular flexibility index (Phi) is 3.19. The molecule has 1 saturated heterocycles. The number of aromatic nitrogens is 3. The van der Waals surface area contributed by atoms with Gasteiger partial charge in [-0.25, -0.2) is 0 Å². The summed E-state index contributed by atoms with van der Waals surface area (Å²) in [4.78, 5) is 12.9. The van der Waals surface area contributed by atoms with Gasteiger partial charge in [0.2, 0.25) is 0 Å². The van der Waals surface area contributed by atoms with Gasteiger partial charge in [-0.2, -0.15) is 0 Å². The molecular weight excluding hydrogens is 208 g/mol. The van der Waals surface area contributed by atoms with E-state index in [1.54, 1.807) is 6.33 Å². The first-order chi connectivity index (χ1) is 7.70. The van der Waals surface area contributed by atoms with Crippen molar-refractivity contribution in [2.75, 3.05) is 13.1 Å². The molecule has 0 radical (unpaired) electrons. The SMILES string of the molecule is CCn1cnnc1CN1CC[C@@H](C(=O)O)C1. The summed E-state index contributed by atoms with van der Waals surface area (Å²) in [7, 11) is 0. The number of carbonyl (C=O) groups is 1. The first-order valence-electron chi connectivity index (χ1n) is 5.52. The highest BCUT2D eigenvalue weighted by atomic mass is 16.4. The van der Waals surface area contributed by atoms with Gasteiger partial charge in [-0.3, -0.25) is 9.69 Å². The summed E-state index contributed by atoms with van der Waals surface area (Å²) in [6.07, 6.45) is 2.44. The highest BCUT2D eigenvalue weighted by molar-refractivity contribution is 5.70. The molecule has 2 rings (SSSR count). The number of nitrogens with zero attached hydrogens (tertiary/aromatic N) is 4. The summed E-state index contributed by atoms with van der Waals surface area (Å²) in [5.41, 5.74) is 0. The Morgan fingerprint density at radius 2 is 2.50 bits per heavy atom. The Hall–Kier alpha value is -1.43. The molecule has 0 amide bonds. The van der Waals surface area contributed by atoms with Crippen LogP contribution in [0, 0.1) is 5.92 Å². The Morgan fingerprint density at radius 3 is 3.12 bits per heavy atom. The Balaban J connectivity index is 1.94. The highest BCUT2D eigenvalue weighted by Gasteiger charge is 2.28. The normalized spacial score (nSPS) is 21.4. The minimum Gasteiger partial charge on any atom is -0.481 e. The summed E-state index contributed by atoms with van der Waals surface area (Å²) in [6.45, 7) is 5.02. The van der Waals surface area contributed by atoms with Crippen LogP contribution in [0.2, 0.25) is 0 Å². The van der Waals surface area contributed by atoms with Crippen molar-refractivity contribution >= 4 is 5.97 Å². The van der Waals surface area contributed by atoms with Crippen molar-refractivity contribution < 1.29 is 9.90 Å². The van der Waals surface area contributed by atoms with Gasteiger partial charge in [0.15, 0.2) is 0 Å². The van der Waals surface area contributed by atoms with Gasteiger partial charge >= 0.3 is 5.97 Å². The largest absolute Gasteiger partial charge is 0.481 e. The van der Waals surface area contributed by atoms with Gasteiger partial charge < -0.3 is 9.67 Å². The van der Waals surface area contributed by atoms with Gasteiger partial charge in [0.1, 0.15) is 12.2 Å². The van der Waals surface area contributed by atoms with Crippen molar-refractivity contribution in [3.05, 3.63) is 12.2 Å². The van der Waals surface area contributed by atoms with Gasteiger partial charge in [0.25, 0.3) is 0 Å². The van der Waals surface area contributed by atoms with Crippen molar-refractivity contribution in [3.63, 3.8) is 0 Å². The molecule has 1 aromatic heterocycles. The second-order valence-electron chi connectivity index (χ2n) is 4.09. The van der Waals surface area contributed by atoms with E-state index in [2.05, 4.69) is 15.1 Å². The second-order valence-corrected chi connectivity index (χ2v) is 4.09. The molecule has 6 nitrogen and oxygen atoms in total. The number of carboxylic acids is 1. The standard InChI is InChI=1S/C10H16N4O2/c1-2-14-7-11-12-9(14)6-13-4-3-8(5-13)10(15)16/h7-8H,2-6H2,1H3,(H,15,16)/t8-/m1/s1. The van der Waals surface area contributed by atoms with Gasteiger partial charge in [-0.1, -0.05) is 0 Å². The van der Waals surface area contributed by atoms with E-state index in [9.17, 15) is 4.79 Å². The second kappa shape index (κ2) is 4.61. The lowest BCUT2D eigenvalue weighted by atomic mass is 10.1. The molecule has 88 valence electrons. The third-order valence-corrected chi connectivity index (χ3v) is 3.02. The average molecular weight is 224 g/mol. The van der Waals surface area contributed by atoms with E-state index in [4.69, 9.17) is 5.11 Å². The monoisotopic (exact) mass is 224 g/mol. The van der Waals surface area contributed by atoms with Crippen LogP contribution in [0.25, 0.3) is 0 Å². The minimum atomic E-state index is -0.695. The predicted octanol–water partition coefficient (Wildman–Crippen LogP) is 0.204. The van der Waals surface area contributed by atoms with E-state index in [0.717, 1.165) is 25.3 Å². The van der Waals surface area contributed by atoms with Crippen LogP contribution in [0.1, 0.15) is 19.2 Å². The Labute approximate surface area is 93.9 Å². The summed E-state index contributed by atoms with van der Waals surface area (Å²) in [5.74, 6) is -0.00834. The average Bonchev–Trinajstić information content (AvgIpc) is 2.87. The summed E-state index contributed by atoms with van der Waals surface area (Å²) in [5, 5.41) is 16.8. The Morgan fingerprint density at radius 1 is 1.69 bits per heavy atom. The first-order valence-corrected chi connectivity index (χ1v) is 5.52. The maximum Gasteiger partial charge on any atom is 0.307 e. The molecule has 1 fully saturated rings. The zero-order chi connectivity index (χ0) is 11.5.